The van der Waals surface area contributed by atoms with Gasteiger partial charge in [0.1, 0.15) is 78.5 Å². The van der Waals surface area contributed by atoms with Gasteiger partial charge in [0.2, 0.25) is 94.5 Å². The van der Waals surface area contributed by atoms with Gasteiger partial charge in [-0.1, -0.05) is 93.2 Å². The van der Waals surface area contributed by atoms with Gasteiger partial charge in [-0.2, -0.15) is 11.8 Å². The second-order valence-electron chi connectivity index (χ2n) is 31.2. The van der Waals surface area contributed by atoms with Crippen molar-refractivity contribution in [2.24, 2.45) is 52.7 Å². The molecular formula is C73H118N18O21S3. The molecule has 115 heavy (non-hydrogen) atoms. The molecule has 19 atom stereocenters. The third kappa shape index (κ3) is 31.4. The lowest BCUT2D eigenvalue weighted by atomic mass is 9.77. The monoisotopic (exact) mass is 1680 g/mol. The second-order valence-corrected chi connectivity index (χ2v) is 34.8. The van der Waals surface area contributed by atoms with Crippen LogP contribution in [-0.2, 0) is 86.3 Å². The number of primary amides is 3. The molecule has 0 bridgehead atoms. The highest BCUT2D eigenvalue weighted by molar-refractivity contribution is 8.76. The zero-order chi connectivity index (χ0) is 84.8. The molecule has 3 aliphatic heterocycles. The standard InChI is InChI=1S/C73H118N18O21S3/c1-35(2)23-48-65(104)81-45(19-20-57(74)94)63(102)85-50(25-39-30-77-43-17-11-9-15-41(39)43)68(107)87-52(27-58(75)95)69(108)90-55(72(111)79-36(3)62(101)83-49(24-38-13-7-6-8-14-38)66(105)82-47(61(76)100)28-59(96)97)33-114-115-34-56(73(112)86-51(67(106)84-48)26-40-31-78-44-18-12-10-16-42(40)44)91-70(109)53(29-60(98)99)88-71(110)54(32-92)89-64(103)46(21-22-113-5)80-37(4)93/h35-36,38-56,77-78,92H,6-34H2,1-5H3,(H2,74,94)(H2,75,95)(H2,76,100)(H,79,111)(H,80,93)(H,81,104)(H,82,105)(H,83,101)(H,84,106)(H,85,102)(H,86,112)(H,87,107)(H,88,110)(H,89,103)(H,90,108)(H,91,109)(H,96,97)(H,98,99)/t36-,39?,40?,41?,42?,43?,44?,45+,46+,47+,48+,49+,50+,51+,52+,53+,54+,55+,56+/m1/s1. The molecule has 0 radical (unpaired) electrons. The molecule has 39 nitrogen and oxygen atoms in total. The first-order valence-electron chi connectivity index (χ1n) is 39.6. The predicted octanol–water partition coefficient (Wildman–Crippen LogP) is -4.60. The first-order valence-corrected chi connectivity index (χ1v) is 43.4. The van der Waals surface area contributed by atoms with Crippen molar-refractivity contribution in [3.05, 3.63) is 0 Å². The predicted molar refractivity (Wildman–Crippen MR) is 422 cm³/mol. The fourth-order valence-electron chi connectivity index (χ4n) is 15.8. The van der Waals surface area contributed by atoms with E-state index in [0.29, 0.717) is 31.7 Å². The Bertz CT molecular complexity index is 3470. The van der Waals surface area contributed by atoms with Crippen molar-refractivity contribution in [3.8, 4) is 0 Å². The van der Waals surface area contributed by atoms with Gasteiger partial charge in [0.15, 0.2) is 0 Å². The number of carboxylic acid groups (broad SMARTS) is 2. The van der Waals surface area contributed by atoms with Crippen molar-refractivity contribution in [1.29, 1.82) is 0 Å². The minimum absolute atomic E-state index is 0.00328. The van der Waals surface area contributed by atoms with Crippen molar-refractivity contribution < 1.29 is 102 Å². The average molecular weight is 1680 g/mol. The molecule has 3 aliphatic carbocycles. The number of carboxylic acids is 2. The number of nitrogens with one attached hydrogen (secondary N) is 15. The number of amides is 16. The lowest BCUT2D eigenvalue weighted by Gasteiger charge is -2.32. The molecule has 6 fully saturated rings. The fraction of sp³-hybridized carbons (Fsp3) is 0.753. The number of rotatable bonds is 35. The highest BCUT2D eigenvalue weighted by atomic mass is 33.1. The number of hydrogen-bond acceptors (Lipinski definition) is 24. The van der Waals surface area contributed by atoms with E-state index in [1.54, 1.807) is 20.1 Å². The van der Waals surface area contributed by atoms with Gasteiger partial charge in [-0.25, -0.2) is 0 Å². The Hall–Kier alpha value is -8.61. The quantitative estimate of drug-likeness (QED) is 0.0266. The highest BCUT2D eigenvalue weighted by Gasteiger charge is 2.45. The summed E-state index contributed by atoms with van der Waals surface area (Å²) < 4.78 is 0. The molecular weight excluding hydrogens is 1560 g/mol. The SMILES string of the molecule is CSCC[C@H](NC(C)=O)C(=O)N[C@@H](CO)C(=O)N[C@@H](CC(=O)O)C(=O)N[C@H]1CSSC[C@@H](C(=O)N[C@H](C)C(=O)N[C@@H](CC2CCCCC2)C(=O)N[C@@H](CC(=O)O)C(N)=O)NC(=O)[C@H](CC(N)=O)NC(=O)[C@H](CC2CNC3CCCCC23)NC(=O)[C@H](CCC(N)=O)NC(=O)[C@H](CC(C)C)NC(=O)[C@H](CC2CNC3CCCCC23)NC1=O. The zero-order valence-corrected chi connectivity index (χ0v) is 68.2. The molecule has 24 N–H and O–H groups in total. The molecule has 644 valence electrons. The van der Waals surface area contributed by atoms with Crippen molar-refractivity contribution in [2.45, 2.75) is 266 Å². The van der Waals surface area contributed by atoms with E-state index in [2.05, 4.69) is 79.8 Å². The van der Waals surface area contributed by atoms with Crippen LogP contribution >= 0.6 is 33.3 Å². The van der Waals surface area contributed by atoms with Crippen molar-refractivity contribution in [1.82, 2.24) is 79.8 Å². The topological polar surface area (TPSA) is 626 Å². The molecule has 3 heterocycles. The van der Waals surface area contributed by atoms with Gasteiger partial charge in [-0.05, 0) is 132 Å². The Morgan fingerprint density at radius 3 is 1.53 bits per heavy atom. The average Bonchev–Trinajstić information content (AvgIpc) is 1.64. The molecule has 16 amide bonds. The normalized spacial score (nSPS) is 27.1. The van der Waals surface area contributed by atoms with Gasteiger partial charge in [0.25, 0.3) is 0 Å². The number of carbonyl (C=O) groups excluding carboxylic acids is 16. The Balaban J connectivity index is 1.45. The fourth-order valence-corrected chi connectivity index (χ4v) is 18.6. The van der Waals surface area contributed by atoms with E-state index in [-0.39, 0.29) is 79.7 Å². The van der Waals surface area contributed by atoms with Crippen LogP contribution in [0.25, 0.3) is 0 Å². The number of aliphatic hydroxyl groups is 1. The van der Waals surface area contributed by atoms with Crippen LogP contribution in [0.4, 0.5) is 0 Å². The lowest BCUT2D eigenvalue weighted by molar-refractivity contribution is -0.142. The van der Waals surface area contributed by atoms with Crippen LogP contribution in [0.5, 0.6) is 0 Å². The number of aliphatic hydroxyl groups excluding tert-OH is 1. The summed E-state index contributed by atoms with van der Waals surface area (Å²) >= 11 is 1.34. The molecule has 0 aromatic rings. The Labute approximate surface area is 679 Å². The summed E-state index contributed by atoms with van der Waals surface area (Å²) in [5, 5.41) is 69.9. The number of hydrogen-bond donors (Lipinski definition) is 21. The Morgan fingerprint density at radius 2 is 0.983 bits per heavy atom. The summed E-state index contributed by atoms with van der Waals surface area (Å²) in [6.45, 7) is 5.51. The third-order valence-electron chi connectivity index (χ3n) is 21.8. The first-order chi connectivity index (χ1) is 54.5. The van der Waals surface area contributed by atoms with Gasteiger partial charge in [0.05, 0.1) is 25.9 Å². The molecule has 0 spiro atoms. The van der Waals surface area contributed by atoms with Crippen LogP contribution in [0.15, 0.2) is 0 Å². The lowest BCUT2D eigenvalue weighted by Crippen LogP contribution is -2.61. The maximum absolute atomic E-state index is 15.4. The van der Waals surface area contributed by atoms with Crippen LogP contribution in [-0.4, -0.2) is 256 Å². The maximum atomic E-state index is 15.4. The van der Waals surface area contributed by atoms with E-state index >= 15 is 24.0 Å². The number of nitrogens with two attached hydrogens (primary N) is 3. The largest absolute Gasteiger partial charge is 0.481 e. The summed E-state index contributed by atoms with van der Waals surface area (Å²) in [6.07, 6.45) is 8.06. The Kier molecular flexibility index (Phi) is 39.4. The van der Waals surface area contributed by atoms with Gasteiger partial charge in [0, 0.05) is 36.9 Å². The molecule has 6 aliphatic rings. The van der Waals surface area contributed by atoms with E-state index in [9.17, 15) is 77.6 Å². The molecule has 6 unspecified atom stereocenters. The number of aliphatic carboxylic acids is 2. The highest BCUT2D eigenvalue weighted by Crippen LogP contribution is 2.39. The molecule has 6 rings (SSSR count). The number of fused-ring (bicyclic) bond motifs is 2. The Morgan fingerprint density at radius 1 is 0.504 bits per heavy atom. The summed E-state index contributed by atoms with van der Waals surface area (Å²) in [5.74, 6) is -21.8. The van der Waals surface area contributed by atoms with E-state index in [1.807, 2.05) is 0 Å². The van der Waals surface area contributed by atoms with Crippen LogP contribution in [0.2, 0.25) is 0 Å². The van der Waals surface area contributed by atoms with Crippen molar-refractivity contribution >= 4 is 140 Å². The van der Waals surface area contributed by atoms with Crippen LogP contribution in [0.3, 0.4) is 0 Å². The summed E-state index contributed by atoms with van der Waals surface area (Å²) in [7, 11) is 1.47. The summed E-state index contributed by atoms with van der Waals surface area (Å²) in [5.41, 5.74) is 16.9. The van der Waals surface area contributed by atoms with Gasteiger partial charge < -0.3 is 112 Å². The maximum Gasteiger partial charge on any atom is 0.305 e. The van der Waals surface area contributed by atoms with E-state index in [4.69, 9.17) is 17.2 Å². The van der Waals surface area contributed by atoms with Gasteiger partial charge in [-0.15, -0.1) is 0 Å². The first kappa shape index (κ1) is 95.2. The minimum Gasteiger partial charge on any atom is -0.481 e. The smallest absolute Gasteiger partial charge is 0.305 e. The number of carbonyl (C=O) groups is 18. The minimum atomic E-state index is -2.10. The van der Waals surface area contributed by atoms with Crippen molar-refractivity contribution in [3.63, 3.8) is 0 Å². The van der Waals surface area contributed by atoms with Crippen LogP contribution < -0.4 is 97.0 Å². The van der Waals surface area contributed by atoms with Crippen molar-refractivity contribution in [2.75, 3.05) is 43.2 Å². The van der Waals surface area contributed by atoms with Crippen LogP contribution in [0, 0.1) is 35.5 Å². The molecule has 42 heteroatoms. The molecule has 3 saturated carbocycles. The molecule has 3 saturated heterocycles. The van der Waals surface area contributed by atoms with E-state index in [0.717, 1.165) is 99.1 Å². The molecule has 0 aromatic carbocycles. The summed E-state index contributed by atoms with van der Waals surface area (Å²) in [6, 6.07) is -21.7. The third-order valence-corrected chi connectivity index (χ3v) is 24.9. The van der Waals surface area contributed by atoms with Gasteiger partial charge in [-0.3, -0.25) is 86.3 Å². The van der Waals surface area contributed by atoms with E-state index in [1.165, 1.54) is 18.7 Å². The van der Waals surface area contributed by atoms with Gasteiger partial charge >= 0.3 is 11.9 Å². The number of thioether (sulfide) groups is 1. The zero-order valence-electron chi connectivity index (χ0n) is 65.8. The van der Waals surface area contributed by atoms with E-state index < -0.39 is 235 Å². The van der Waals surface area contributed by atoms with Crippen LogP contribution in [0.1, 0.15) is 175 Å². The summed E-state index contributed by atoms with van der Waals surface area (Å²) in [4.78, 5) is 251. The second kappa shape index (κ2) is 47.6. The molecule has 0 aromatic heterocycles.